The number of aromatic nitrogens is 4. The van der Waals surface area contributed by atoms with E-state index in [1.165, 1.54) is 4.80 Å². The van der Waals surface area contributed by atoms with Gasteiger partial charge in [-0.1, -0.05) is 38.5 Å². The smallest absolute Gasteiger partial charge is 0.362 e. The van der Waals surface area contributed by atoms with Crippen molar-refractivity contribution in [1.82, 2.24) is 24.9 Å². The maximum atomic E-state index is 12.2. The van der Waals surface area contributed by atoms with Crippen molar-refractivity contribution in [2.45, 2.75) is 63.7 Å². The summed E-state index contributed by atoms with van der Waals surface area (Å²) in [5.41, 5.74) is 6.47. The molecule has 1 amide bonds. The Morgan fingerprint density at radius 1 is 0.938 bits per heavy atom. The van der Waals surface area contributed by atoms with E-state index in [0.717, 1.165) is 5.75 Å². The number of carbonyl (C=O) groups is 1. The molecular weight excluding hydrogens is 644 g/mol. The van der Waals surface area contributed by atoms with Crippen LogP contribution in [0.4, 0.5) is 0 Å². The molecule has 1 saturated heterocycles. The molecule has 1 aromatic heterocycles. The van der Waals surface area contributed by atoms with Crippen molar-refractivity contribution in [1.29, 1.82) is 0 Å². The predicted octanol–water partition coefficient (Wildman–Crippen LogP) is 2.56. The molecule has 0 aliphatic carbocycles. The van der Waals surface area contributed by atoms with Gasteiger partial charge in [-0.2, -0.15) is 13.2 Å². The molecule has 0 unspecified atom stereocenters. The quantitative estimate of drug-likeness (QED) is 0.142. The van der Waals surface area contributed by atoms with Gasteiger partial charge in [0.05, 0.1) is 25.3 Å². The van der Waals surface area contributed by atoms with Crippen LogP contribution in [0.25, 0.3) is 11.4 Å². The van der Waals surface area contributed by atoms with Crippen LogP contribution >= 0.6 is 0 Å². The van der Waals surface area contributed by atoms with Crippen LogP contribution in [0.5, 0.6) is 23.0 Å². The van der Waals surface area contributed by atoms with Gasteiger partial charge < -0.3 is 30.2 Å². The zero-order chi connectivity index (χ0) is 34.3. The fourth-order valence-corrected chi connectivity index (χ4v) is 5.55. The Hall–Kier alpha value is -4.45. The summed E-state index contributed by atoms with van der Waals surface area (Å²) < 4.78 is 48.5. The molecule has 1 aliphatic rings. The number of ether oxygens (including phenoxy) is 3. The number of rotatable bonds is 15. The van der Waals surface area contributed by atoms with E-state index in [0.29, 0.717) is 35.1 Å². The monoisotopic (exact) mass is 682 g/mol. The number of hydrogen-bond donors (Lipinski definition) is 4. The van der Waals surface area contributed by atoms with Gasteiger partial charge in [-0.15, -0.1) is 10.2 Å². The van der Waals surface area contributed by atoms with Gasteiger partial charge in [-0.3, -0.25) is 8.98 Å². The van der Waals surface area contributed by atoms with Gasteiger partial charge >= 0.3 is 10.3 Å². The van der Waals surface area contributed by atoms with Crippen LogP contribution < -0.4 is 19.9 Å². The number of aryl methyl sites for hydroxylation is 1. The number of aliphatic hydroxyl groups excluding tert-OH is 2. The van der Waals surface area contributed by atoms with E-state index in [2.05, 4.69) is 15.4 Å². The van der Waals surface area contributed by atoms with Gasteiger partial charge in [0.1, 0.15) is 41.3 Å². The SMILES string of the molecule is CC[C@H](C)[C@H](N)C(=O)NS(=O)(=O)OC[C@H]1O[C@@H](CCn2nnc(-c3ccc(Oc4ccc(Oc5ccccc5)cc4)cc3)n2)[C@H](O)[C@@H]1O. The summed E-state index contributed by atoms with van der Waals surface area (Å²) in [7, 11) is -4.52. The highest BCUT2D eigenvalue weighted by molar-refractivity contribution is 7.85. The van der Waals surface area contributed by atoms with E-state index in [9.17, 15) is 23.4 Å². The predicted molar refractivity (Wildman–Crippen MR) is 172 cm³/mol. The third-order valence-electron chi connectivity index (χ3n) is 7.85. The largest absolute Gasteiger partial charge is 0.457 e. The lowest BCUT2D eigenvalue weighted by molar-refractivity contribution is -0.121. The number of carbonyl (C=O) groups excluding carboxylic acids is 1. The van der Waals surface area contributed by atoms with Crippen LogP contribution in [-0.2, 0) is 30.6 Å². The maximum Gasteiger partial charge on any atom is 0.362 e. The summed E-state index contributed by atoms with van der Waals surface area (Å²) in [6, 6.07) is 22.9. The minimum Gasteiger partial charge on any atom is -0.457 e. The molecule has 6 atom stereocenters. The summed E-state index contributed by atoms with van der Waals surface area (Å²) in [6.07, 6.45) is -4.02. The number of nitrogens with two attached hydrogens (primary N) is 1. The summed E-state index contributed by atoms with van der Waals surface area (Å²) in [4.78, 5) is 13.5. The van der Waals surface area contributed by atoms with Crippen LogP contribution in [0.3, 0.4) is 0 Å². The van der Waals surface area contributed by atoms with E-state index in [1.54, 1.807) is 35.9 Å². The number of nitrogens with zero attached hydrogens (tertiary/aromatic N) is 4. The zero-order valence-electron chi connectivity index (χ0n) is 26.3. The van der Waals surface area contributed by atoms with Crippen LogP contribution in [0.1, 0.15) is 26.7 Å². The van der Waals surface area contributed by atoms with E-state index in [-0.39, 0.29) is 18.9 Å². The molecule has 0 bridgehead atoms. The van der Waals surface area contributed by atoms with Gasteiger partial charge in [0.2, 0.25) is 5.82 Å². The summed E-state index contributed by atoms with van der Waals surface area (Å²) >= 11 is 0. The second kappa shape index (κ2) is 15.6. The number of amides is 1. The van der Waals surface area contributed by atoms with Crippen molar-refractivity contribution in [2.75, 3.05) is 6.61 Å². The van der Waals surface area contributed by atoms with Crippen molar-refractivity contribution < 1.29 is 41.8 Å². The molecule has 2 heterocycles. The highest BCUT2D eigenvalue weighted by Crippen LogP contribution is 2.28. The average Bonchev–Trinajstić information content (AvgIpc) is 3.67. The number of nitrogens with one attached hydrogen (secondary N) is 1. The first-order valence-corrected chi connectivity index (χ1v) is 16.8. The average molecular weight is 683 g/mol. The Labute approximate surface area is 277 Å². The highest BCUT2D eigenvalue weighted by Gasteiger charge is 2.43. The minimum atomic E-state index is -4.52. The van der Waals surface area contributed by atoms with E-state index >= 15 is 0 Å². The third kappa shape index (κ3) is 9.12. The van der Waals surface area contributed by atoms with Gasteiger partial charge in [-0.25, -0.2) is 4.72 Å². The normalized spacial score (nSPS) is 20.6. The van der Waals surface area contributed by atoms with Gasteiger partial charge in [0.25, 0.3) is 5.91 Å². The van der Waals surface area contributed by atoms with Crippen molar-refractivity contribution in [3.05, 3.63) is 78.9 Å². The summed E-state index contributed by atoms with van der Waals surface area (Å²) in [5.74, 6) is 1.89. The van der Waals surface area contributed by atoms with Crippen LogP contribution in [0.15, 0.2) is 78.9 Å². The molecule has 0 radical (unpaired) electrons. The molecule has 48 heavy (non-hydrogen) atoms. The van der Waals surface area contributed by atoms with Gasteiger partial charge in [0, 0.05) is 5.56 Å². The van der Waals surface area contributed by atoms with Crippen molar-refractivity contribution in [3.8, 4) is 34.4 Å². The number of tetrazole rings is 1. The maximum absolute atomic E-state index is 12.2. The van der Waals surface area contributed by atoms with Crippen molar-refractivity contribution in [3.63, 3.8) is 0 Å². The van der Waals surface area contributed by atoms with Gasteiger partial charge in [-0.05, 0) is 78.2 Å². The zero-order valence-corrected chi connectivity index (χ0v) is 27.1. The molecule has 16 heteroatoms. The Kier molecular flexibility index (Phi) is 11.4. The number of benzene rings is 3. The second-order valence-electron chi connectivity index (χ2n) is 11.3. The first-order valence-electron chi connectivity index (χ1n) is 15.4. The number of hydrogen-bond acceptors (Lipinski definition) is 13. The molecule has 0 spiro atoms. The van der Waals surface area contributed by atoms with Crippen molar-refractivity contribution in [2.24, 2.45) is 11.7 Å². The second-order valence-corrected chi connectivity index (χ2v) is 12.7. The lowest BCUT2D eigenvalue weighted by Gasteiger charge is -2.18. The first kappa shape index (κ1) is 34.9. The van der Waals surface area contributed by atoms with Crippen LogP contribution in [0.2, 0.25) is 0 Å². The Bertz CT molecular complexity index is 1740. The molecule has 3 aromatic carbocycles. The molecule has 0 saturated carbocycles. The number of aliphatic hydroxyl groups is 2. The molecule has 5 N–H and O–H groups in total. The summed E-state index contributed by atoms with van der Waals surface area (Å²) in [6.45, 7) is 3.09. The Balaban J connectivity index is 1.08. The molecule has 5 rings (SSSR count). The molecule has 15 nitrogen and oxygen atoms in total. The topological polar surface area (TPSA) is 210 Å². The van der Waals surface area contributed by atoms with E-state index in [4.69, 9.17) is 24.1 Å². The van der Waals surface area contributed by atoms with Crippen LogP contribution in [-0.4, -0.2) is 81.8 Å². The number of para-hydroxylation sites is 1. The Morgan fingerprint density at radius 2 is 1.50 bits per heavy atom. The molecule has 1 aliphatic heterocycles. The third-order valence-corrected chi connectivity index (χ3v) is 8.75. The molecule has 1 fully saturated rings. The Morgan fingerprint density at radius 3 is 2.10 bits per heavy atom. The fourth-order valence-electron chi connectivity index (χ4n) is 4.80. The summed E-state index contributed by atoms with van der Waals surface area (Å²) in [5, 5.41) is 33.4. The fraction of sp³-hybridized carbons (Fsp3) is 0.375. The molecule has 4 aromatic rings. The lowest BCUT2D eigenvalue weighted by Crippen LogP contribution is -2.47. The minimum absolute atomic E-state index is 0.180. The molecule has 256 valence electrons. The van der Waals surface area contributed by atoms with Crippen molar-refractivity contribution >= 4 is 16.2 Å². The molecular formula is C32H38N6O9S. The van der Waals surface area contributed by atoms with Gasteiger partial charge in [0.15, 0.2) is 0 Å². The highest BCUT2D eigenvalue weighted by atomic mass is 32.2. The lowest BCUT2D eigenvalue weighted by atomic mass is 10.00. The first-order chi connectivity index (χ1) is 23.0. The van der Waals surface area contributed by atoms with E-state index < -0.39 is 53.3 Å². The standard InChI is InChI=1S/C32H38N6O9S/c1-3-20(2)28(33)32(41)36-48(42,43)44-19-27-30(40)29(39)26(47-27)17-18-38-35-31(34-37-38)21-9-11-23(12-10-21)46-25-15-13-24(14-16-25)45-22-7-5-4-6-8-22/h4-16,20,26-30,39-40H,3,17-19,33H2,1-2H3,(H,36,41)/t20-,26-,27+,28-,29-,30+/m0/s1. The van der Waals surface area contributed by atoms with E-state index in [1.807, 2.05) is 61.5 Å². The van der Waals surface area contributed by atoms with Crippen LogP contribution in [0, 0.1) is 5.92 Å².